The zero-order chi connectivity index (χ0) is 15.5. The summed E-state index contributed by atoms with van der Waals surface area (Å²) in [4.78, 5) is 25.8. The van der Waals surface area contributed by atoms with Crippen molar-refractivity contribution in [3.05, 3.63) is 35.4 Å². The van der Waals surface area contributed by atoms with Crippen molar-refractivity contribution in [1.82, 2.24) is 10.2 Å². The van der Waals surface area contributed by atoms with Gasteiger partial charge in [0.05, 0.1) is 13.0 Å². The van der Waals surface area contributed by atoms with Crippen LogP contribution in [0.3, 0.4) is 0 Å². The summed E-state index contributed by atoms with van der Waals surface area (Å²) < 4.78 is 4.72. The van der Waals surface area contributed by atoms with E-state index >= 15 is 0 Å². The van der Waals surface area contributed by atoms with E-state index in [9.17, 15) is 9.59 Å². The Kier molecular flexibility index (Phi) is 4.32. The van der Waals surface area contributed by atoms with Crippen LogP contribution in [0.25, 0.3) is 0 Å². The maximum absolute atomic E-state index is 12.6. The van der Waals surface area contributed by atoms with Crippen LogP contribution in [-0.4, -0.2) is 43.1 Å². The minimum Gasteiger partial charge on any atom is -0.453 e. The zero-order valence-corrected chi connectivity index (χ0v) is 12.9. The van der Waals surface area contributed by atoms with Crippen LogP contribution in [-0.2, 0) is 16.0 Å². The molecule has 1 N–H and O–H groups in total. The molecule has 5 nitrogen and oxygen atoms in total. The number of carbonyl (C=O) groups excluding carboxylic acids is 2. The number of methoxy groups -OCH3 is 1. The van der Waals surface area contributed by atoms with E-state index in [-0.39, 0.29) is 24.0 Å². The number of nitrogens with one attached hydrogen (secondary N) is 1. The van der Waals surface area contributed by atoms with Gasteiger partial charge in [-0.1, -0.05) is 24.3 Å². The summed E-state index contributed by atoms with van der Waals surface area (Å²) in [5.74, 6) is 0.0287. The van der Waals surface area contributed by atoms with Crippen LogP contribution in [0.2, 0.25) is 0 Å². The lowest BCUT2D eigenvalue weighted by Crippen LogP contribution is -2.41. The molecule has 1 aliphatic carbocycles. The van der Waals surface area contributed by atoms with Crippen LogP contribution >= 0.6 is 0 Å². The van der Waals surface area contributed by atoms with Crippen LogP contribution in [0.4, 0.5) is 4.79 Å². The summed E-state index contributed by atoms with van der Waals surface area (Å²) >= 11 is 0. The number of hydrogen-bond acceptors (Lipinski definition) is 3. The first-order valence-electron chi connectivity index (χ1n) is 7.90. The fraction of sp³-hybridized carbons (Fsp3) is 0.529. The first-order chi connectivity index (χ1) is 10.7. The van der Waals surface area contributed by atoms with Gasteiger partial charge in [0.15, 0.2) is 0 Å². The molecule has 2 amide bonds. The fourth-order valence-corrected chi connectivity index (χ4v) is 3.50. The molecule has 1 saturated heterocycles. The van der Waals surface area contributed by atoms with Gasteiger partial charge in [0.2, 0.25) is 5.91 Å². The first-order valence-corrected chi connectivity index (χ1v) is 7.90. The molecule has 22 heavy (non-hydrogen) atoms. The molecule has 0 unspecified atom stereocenters. The third-order valence-electron chi connectivity index (χ3n) is 4.65. The Balaban J connectivity index is 1.63. The Bertz CT molecular complexity index is 573. The Morgan fingerprint density at radius 3 is 2.91 bits per heavy atom. The molecule has 1 fully saturated rings. The number of benzene rings is 1. The van der Waals surface area contributed by atoms with Crippen LogP contribution in [0, 0.1) is 0 Å². The fourth-order valence-electron chi connectivity index (χ4n) is 3.50. The van der Waals surface area contributed by atoms with E-state index in [1.54, 1.807) is 4.90 Å². The van der Waals surface area contributed by atoms with Crippen molar-refractivity contribution in [2.24, 2.45) is 0 Å². The van der Waals surface area contributed by atoms with E-state index in [0.29, 0.717) is 13.1 Å². The molecule has 2 aliphatic rings. The predicted molar refractivity (Wildman–Crippen MR) is 82.6 cm³/mol. The second kappa shape index (κ2) is 6.38. The van der Waals surface area contributed by atoms with E-state index in [2.05, 4.69) is 17.4 Å². The summed E-state index contributed by atoms with van der Waals surface area (Å²) in [5.41, 5.74) is 2.45. The predicted octanol–water partition coefficient (Wildman–Crippen LogP) is 2.06. The molecule has 118 valence electrons. The highest BCUT2D eigenvalue weighted by Gasteiger charge is 2.31. The molecule has 5 heteroatoms. The second-order valence-corrected chi connectivity index (χ2v) is 6.05. The Labute approximate surface area is 130 Å². The monoisotopic (exact) mass is 302 g/mol. The molecule has 1 heterocycles. The highest BCUT2D eigenvalue weighted by atomic mass is 16.5. The summed E-state index contributed by atoms with van der Waals surface area (Å²) in [6, 6.07) is 8.24. The topological polar surface area (TPSA) is 58.6 Å². The summed E-state index contributed by atoms with van der Waals surface area (Å²) in [6.45, 7) is 1.17. The summed E-state index contributed by atoms with van der Waals surface area (Å²) in [5, 5.41) is 3.11. The van der Waals surface area contributed by atoms with E-state index in [1.165, 1.54) is 12.7 Å². The molecular formula is C17H22N2O3. The Morgan fingerprint density at radius 1 is 1.27 bits per heavy atom. The molecule has 0 aromatic heterocycles. The number of fused-ring (bicyclic) bond motifs is 1. The summed E-state index contributed by atoms with van der Waals surface area (Å²) in [7, 11) is 1.38. The average Bonchev–Trinajstić information content (AvgIpc) is 3.02. The lowest BCUT2D eigenvalue weighted by molar-refractivity contribution is -0.123. The van der Waals surface area contributed by atoms with Gasteiger partial charge in [0.25, 0.3) is 0 Å². The van der Waals surface area contributed by atoms with Gasteiger partial charge in [0, 0.05) is 19.1 Å². The lowest BCUT2D eigenvalue weighted by atomic mass is 9.82. The number of rotatable bonds is 2. The highest BCUT2D eigenvalue weighted by Crippen LogP contribution is 2.31. The molecule has 0 radical (unpaired) electrons. The van der Waals surface area contributed by atoms with Crippen LogP contribution < -0.4 is 5.32 Å². The van der Waals surface area contributed by atoms with Gasteiger partial charge < -0.3 is 15.0 Å². The van der Waals surface area contributed by atoms with Gasteiger partial charge in [-0.25, -0.2) is 4.79 Å². The highest BCUT2D eigenvalue weighted by molar-refractivity contribution is 5.84. The largest absolute Gasteiger partial charge is 0.453 e. The summed E-state index contributed by atoms with van der Waals surface area (Å²) in [6.07, 6.45) is 3.47. The number of ether oxygens (including phenoxy) is 1. The average molecular weight is 302 g/mol. The first kappa shape index (κ1) is 14.9. The molecule has 0 spiro atoms. The minimum atomic E-state index is -0.320. The SMILES string of the molecule is COC(=O)N1CC[C@@H](NC(=O)[C@H]2CCCc3ccccc32)C1. The Hall–Kier alpha value is -2.04. The minimum absolute atomic E-state index is 0.0284. The van der Waals surface area contributed by atoms with Gasteiger partial charge in [-0.05, 0) is 36.8 Å². The van der Waals surface area contributed by atoms with Crippen molar-refractivity contribution in [1.29, 1.82) is 0 Å². The zero-order valence-electron chi connectivity index (χ0n) is 12.9. The van der Waals surface area contributed by atoms with Crippen molar-refractivity contribution >= 4 is 12.0 Å². The number of aryl methyl sites for hydroxylation is 1. The lowest BCUT2D eigenvalue weighted by Gasteiger charge is -2.26. The van der Waals surface area contributed by atoms with Crippen LogP contribution in [0.1, 0.15) is 36.3 Å². The number of carbonyl (C=O) groups is 2. The number of nitrogens with zero attached hydrogens (tertiary/aromatic N) is 1. The number of likely N-dealkylation sites (tertiary alicyclic amines) is 1. The number of hydrogen-bond donors (Lipinski definition) is 1. The van der Waals surface area contributed by atoms with E-state index in [1.807, 2.05) is 12.1 Å². The maximum atomic E-state index is 12.6. The van der Waals surface area contributed by atoms with Crippen molar-refractivity contribution < 1.29 is 14.3 Å². The van der Waals surface area contributed by atoms with Crippen molar-refractivity contribution in [2.75, 3.05) is 20.2 Å². The smallest absolute Gasteiger partial charge is 0.409 e. The molecule has 1 aromatic carbocycles. The molecular weight excluding hydrogens is 280 g/mol. The standard InChI is InChI=1S/C17H22N2O3/c1-22-17(21)19-10-9-13(11-19)18-16(20)15-8-4-6-12-5-2-3-7-14(12)15/h2-3,5,7,13,15H,4,6,8-11H2,1H3,(H,18,20)/t13-,15+/m1/s1. The normalized spacial score (nSPS) is 23.8. The number of amides is 2. The molecule has 2 atom stereocenters. The van der Waals surface area contributed by atoms with Crippen molar-refractivity contribution in [3.63, 3.8) is 0 Å². The van der Waals surface area contributed by atoms with Gasteiger partial charge in [-0.15, -0.1) is 0 Å². The quantitative estimate of drug-likeness (QED) is 0.910. The van der Waals surface area contributed by atoms with Crippen molar-refractivity contribution in [3.8, 4) is 0 Å². The molecule has 0 saturated carbocycles. The van der Waals surface area contributed by atoms with Gasteiger partial charge >= 0.3 is 6.09 Å². The Morgan fingerprint density at radius 2 is 2.09 bits per heavy atom. The van der Waals surface area contributed by atoms with E-state index in [4.69, 9.17) is 4.74 Å². The van der Waals surface area contributed by atoms with Crippen molar-refractivity contribution in [2.45, 2.75) is 37.6 Å². The van der Waals surface area contributed by atoms with Crippen LogP contribution in [0.5, 0.6) is 0 Å². The van der Waals surface area contributed by atoms with Gasteiger partial charge in [-0.3, -0.25) is 4.79 Å². The van der Waals surface area contributed by atoms with E-state index < -0.39 is 0 Å². The van der Waals surface area contributed by atoms with Gasteiger partial charge in [-0.2, -0.15) is 0 Å². The van der Waals surface area contributed by atoms with Gasteiger partial charge in [0.1, 0.15) is 0 Å². The molecule has 3 rings (SSSR count). The van der Waals surface area contributed by atoms with E-state index in [0.717, 1.165) is 31.2 Å². The molecule has 1 aliphatic heterocycles. The maximum Gasteiger partial charge on any atom is 0.409 e. The third kappa shape index (κ3) is 2.93. The third-order valence-corrected chi connectivity index (χ3v) is 4.65. The molecule has 0 bridgehead atoms. The van der Waals surface area contributed by atoms with Crippen LogP contribution in [0.15, 0.2) is 24.3 Å². The molecule has 1 aromatic rings. The second-order valence-electron chi connectivity index (χ2n) is 6.05.